The van der Waals surface area contributed by atoms with Crippen LogP contribution in [0.5, 0.6) is 5.75 Å². The number of fused-ring (bicyclic) bond motifs is 1. The molecule has 0 aliphatic heterocycles. The highest BCUT2D eigenvalue weighted by Gasteiger charge is 2.48. The Kier molecular flexibility index (Phi) is 2.89. The van der Waals surface area contributed by atoms with Gasteiger partial charge in [0.25, 0.3) is 0 Å². The lowest BCUT2D eigenvalue weighted by Crippen LogP contribution is -2.28. The molecule has 2 rings (SSSR count). The summed E-state index contributed by atoms with van der Waals surface area (Å²) in [6.45, 7) is 0. The summed E-state index contributed by atoms with van der Waals surface area (Å²) in [5, 5.41) is 0.715. The molecule has 0 saturated heterocycles. The lowest BCUT2D eigenvalue weighted by Gasteiger charge is -2.10. The fraction of sp³-hybridized carbons (Fsp3) is 0.100. The number of hydrogen-bond donors (Lipinski definition) is 0. The molecule has 0 amide bonds. The van der Waals surface area contributed by atoms with Gasteiger partial charge in [0.1, 0.15) is 0 Å². The van der Waals surface area contributed by atoms with Crippen LogP contribution in [-0.4, -0.2) is 18.9 Å². The Hall–Kier alpha value is -1.83. The Morgan fingerprint density at radius 2 is 1.78 bits per heavy atom. The highest BCUT2D eigenvalue weighted by atomic mass is 32.2. The van der Waals surface area contributed by atoms with Crippen molar-refractivity contribution in [2.75, 3.05) is 0 Å². The van der Waals surface area contributed by atoms with Crippen molar-refractivity contribution in [2.45, 2.75) is 5.51 Å². The van der Waals surface area contributed by atoms with Crippen molar-refractivity contribution in [1.29, 1.82) is 0 Å². The molecule has 0 bridgehead atoms. The zero-order valence-corrected chi connectivity index (χ0v) is 9.49. The van der Waals surface area contributed by atoms with Crippen LogP contribution in [0.15, 0.2) is 36.7 Å². The van der Waals surface area contributed by atoms with E-state index in [-0.39, 0.29) is 5.39 Å². The lowest BCUT2D eigenvalue weighted by atomic mass is 10.2. The van der Waals surface area contributed by atoms with Gasteiger partial charge >= 0.3 is 15.6 Å². The Morgan fingerprint density at radius 3 is 2.44 bits per heavy atom. The van der Waals surface area contributed by atoms with Crippen LogP contribution in [0.25, 0.3) is 10.8 Å². The molecule has 1 aromatic carbocycles. The monoisotopic (exact) mass is 277 g/mol. The van der Waals surface area contributed by atoms with Crippen molar-refractivity contribution in [3.05, 3.63) is 36.7 Å². The molecule has 2 aromatic rings. The second kappa shape index (κ2) is 4.13. The average molecular weight is 277 g/mol. The van der Waals surface area contributed by atoms with Gasteiger partial charge in [-0.2, -0.15) is 21.6 Å². The molecular weight excluding hydrogens is 271 g/mol. The zero-order valence-electron chi connectivity index (χ0n) is 8.68. The molecule has 18 heavy (non-hydrogen) atoms. The van der Waals surface area contributed by atoms with E-state index in [0.717, 1.165) is 6.20 Å². The predicted molar refractivity (Wildman–Crippen MR) is 57.3 cm³/mol. The maximum Gasteiger partial charge on any atom is 0.534 e. The largest absolute Gasteiger partial charge is 0.534 e. The minimum Gasteiger partial charge on any atom is -0.374 e. The first kappa shape index (κ1) is 12.6. The third-order valence-corrected chi connectivity index (χ3v) is 3.08. The Labute approximate surface area is 100 Å². The van der Waals surface area contributed by atoms with Gasteiger partial charge < -0.3 is 4.18 Å². The highest BCUT2D eigenvalue weighted by Crippen LogP contribution is 2.30. The minimum atomic E-state index is -5.68. The molecule has 0 N–H and O–H groups in total. The van der Waals surface area contributed by atoms with Crippen LogP contribution in [0.3, 0.4) is 0 Å². The number of pyridine rings is 1. The van der Waals surface area contributed by atoms with Gasteiger partial charge in [-0.05, 0) is 0 Å². The van der Waals surface area contributed by atoms with E-state index in [1.807, 2.05) is 0 Å². The normalized spacial score (nSPS) is 12.6. The number of benzene rings is 1. The van der Waals surface area contributed by atoms with E-state index in [9.17, 15) is 21.6 Å². The van der Waals surface area contributed by atoms with E-state index in [1.54, 1.807) is 18.2 Å². The third-order valence-electron chi connectivity index (χ3n) is 2.11. The lowest BCUT2D eigenvalue weighted by molar-refractivity contribution is -0.0499. The highest BCUT2D eigenvalue weighted by molar-refractivity contribution is 7.88. The van der Waals surface area contributed by atoms with Crippen molar-refractivity contribution in [3.63, 3.8) is 0 Å². The summed E-state index contributed by atoms with van der Waals surface area (Å²) in [7, 11) is -5.68. The summed E-state index contributed by atoms with van der Waals surface area (Å²) in [4.78, 5) is 3.62. The van der Waals surface area contributed by atoms with Crippen molar-refractivity contribution < 1.29 is 25.8 Å². The van der Waals surface area contributed by atoms with E-state index in [0.29, 0.717) is 5.39 Å². The molecule has 0 unspecified atom stereocenters. The van der Waals surface area contributed by atoms with Gasteiger partial charge in [-0.1, -0.05) is 24.3 Å². The van der Waals surface area contributed by atoms with Crippen molar-refractivity contribution in [2.24, 2.45) is 0 Å². The molecule has 0 atom stereocenters. The average Bonchev–Trinajstić information content (AvgIpc) is 2.27. The first-order valence-electron chi connectivity index (χ1n) is 4.65. The third kappa shape index (κ3) is 2.23. The quantitative estimate of drug-likeness (QED) is 0.625. The maximum absolute atomic E-state index is 12.2. The molecule has 0 saturated carbocycles. The molecule has 0 spiro atoms. The van der Waals surface area contributed by atoms with Gasteiger partial charge in [-0.25, -0.2) is 0 Å². The fourth-order valence-corrected chi connectivity index (χ4v) is 1.78. The molecule has 96 valence electrons. The van der Waals surface area contributed by atoms with Crippen molar-refractivity contribution in [1.82, 2.24) is 4.98 Å². The first-order valence-corrected chi connectivity index (χ1v) is 6.05. The van der Waals surface area contributed by atoms with Crippen LogP contribution in [0, 0.1) is 0 Å². The summed E-state index contributed by atoms with van der Waals surface area (Å²) in [6.07, 6.45) is 2.31. The SMILES string of the molecule is O=S(=O)(Oc1cncc2ccccc12)C(F)(F)F. The van der Waals surface area contributed by atoms with Crippen molar-refractivity contribution in [3.8, 4) is 5.75 Å². The second-order valence-corrected chi connectivity index (χ2v) is 4.88. The van der Waals surface area contributed by atoms with Crippen molar-refractivity contribution >= 4 is 20.9 Å². The standard InChI is InChI=1S/C10H6F3NO3S/c11-10(12,13)18(15,16)17-9-6-14-5-7-3-1-2-4-8(7)9/h1-6H. The first-order chi connectivity index (χ1) is 8.31. The zero-order chi connectivity index (χ0) is 13.4. The fourth-order valence-electron chi connectivity index (χ4n) is 1.32. The second-order valence-electron chi connectivity index (χ2n) is 3.34. The van der Waals surface area contributed by atoms with Crippen LogP contribution in [0.4, 0.5) is 13.2 Å². The summed E-state index contributed by atoms with van der Waals surface area (Å²) in [5.74, 6) is -0.453. The summed E-state index contributed by atoms with van der Waals surface area (Å²) < 4.78 is 62.4. The van der Waals surface area contributed by atoms with Gasteiger partial charge in [0.05, 0.1) is 6.20 Å². The molecule has 0 radical (unpaired) electrons. The molecule has 1 aromatic heterocycles. The molecule has 0 fully saturated rings. The molecular formula is C10H6F3NO3S. The van der Waals surface area contributed by atoms with Crippen LogP contribution in [0.2, 0.25) is 0 Å². The summed E-state index contributed by atoms with van der Waals surface area (Å²) in [5.41, 5.74) is -5.47. The number of nitrogens with zero attached hydrogens (tertiary/aromatic N) is 1. The number of hydrogen-bond acceptors (Lipinski definition) is 4. The number of alkyl halides is 3. The van der Waals surface area contributed by atoms with Gasteiger partial charge in [-0.15, -0.1) is 0 Å². The van der Waals surface area contributed by atoms with E-state index in [4.69, 9.17) is 0 Å². The number of rotatable bonds is 2. The molecule has 1 heterocycles. The van der Waals surface area contributed by atoms with Gasteiger partial charge in [-0.3, -0.25) is 4.98 Å². The van der Waals surface area contributed by atoms with E-state index < -0.39 is 21.4 Å². The van der Waals surface area contributed by atoms with Gasteiger partial charge in [0, 0.05) is 17.0 Å². The Bertz CT molecular complexity index is 677. The smallest absolute Gasteiger partial charge is 0.374 e. The number of halogens is 3. The Morgan fingerprint density at radius 1 is 1.11 bits per heavy atom. The van der Waals surface area contributed by atoms with Crippen LogP contribution >= 0.6 is 0 Å². The molecule has 0 aliphatic rings. The topological polar surface area (TPSA) is 56.3 Å². The van der Waals surface area contributed by atoms with E-state index in [2.05, 4.69) is 9.17 Å². The van der Waals surface area contributed by atoms with Crippen LogP contribution < -0.4 is 4.18 Å². The molecule has 0 aliphatic carbocycles. The molecule has 4 nitrogen and oxygen atoms in total. The van der Waals surface area contributed by atoms with E-state index >= 15 is 0 Å². The maximum atomic E-state index is 12.2. The van der Waals surface area contributed by atoms with E-state index in [1.165, 1.54) is 12.3 Å². The van der Waals surface area contributed by atoms with Crippen LogP contribution in [-0.2, 0) is 10.1 Å². The van der Waals surface area contributed by atoms with Gasteiger partial charge in [0.2, 0.25) is 0 Å². The van der Waals surface area contributed by atoms with Gasteiger partial charge in [0.15, 0.2) is 5.75 Å². The predicted octanol–water partition coefficient (Wildman–Crippen LogP) is 2.46. The molecule has 8 heteroatoms. The minimum absolute atomic E-state index is 0.236. The Balaban J connectivity index is 2.51. The summed E-state index contributed by atoms with van der Waals surface area (Å²) >= 11 is 0. The number of aromatic nitrogens is 1. The summed E-state index contributed by atoms with van der Waals surface area (Å²) in [6, 6.07) is 6.22. The van der Waals surface area contributed by atoms with Crippen LogP contribution in [0.1, 0.15) is 0 Å².